The second-order valence-electron chi connectivity index (χ2n) is 23.0. The van der Waals surface area contributed by atoms with Gasteiger partial charge in [-0.2, -0.15) is 10.5 Å². The number of nitriles is 2. The van der Waals surface area contributed by atoms with Crippen molar-refractivity contribution >= 4 is 65.4 Å². The molecule has 17 aromatic rings. The van der Waals surface area contributed by atoms with Crippen molar-refractivity contribution in [1.29, 1.82) is 10.5 Å². The molecule has 0 unspecified atom stereocenters. The monoisotopic (exact) mass is 1160 g/mol. The molecule has 13 aromatic carbocycles. The lowest BCUT2D eigenvalue weighted by Gasteiger charge is -2.24. The van der Waals surface area contributed by atoms with Gasteiger partial charge in [0.2, 0.25) is 0 Å². The highest BCUT2D eigenvalue weighted by molar-refractivity contribution is 6.15. The Bertz CT molecular complexity index is 5420. The first-order valence-corrected chi connectivity index (χ1v) is 30.5. The molecule has 0 aliphatic heterocycles. The number of nitrogens with zero attached hydrogens (tertiary/aromatic N) is 7. The van der Waals surface area contributed by atoms with Crippen molar-refractivity contribution in [2.24, 2.45) is 0 Å². The van der Waals surface area contributed by atoms with Gasteiger partial charge in [-0.1, -0.05) is 218 Å². The minimum absolute atomic E-state index is 0.591. The highest BCUT2D eigenvalue weighted by Gasteiger charge is 2.28. The molecular formula is C84H51N7. The van der Waals surface area contributed by atoms with Crippen molar-refractivity contribution in [3.05, 3.63) is 321 Å². The predicted octanol–water partition coefficient (Wildman–Crippen LogP) is 21.2. The Balaban J connectivity index is 1.07. The second-order valence-corrected chi connectivity index (χ2v) is 23.0. The van der Waals surface area contributed by atoms with E-state index in [4.69, 9.17) is 9.97 Å². The first-order valence-electron chi connectivity index (χ1n) is 30.5. The van der Waals surface area contributed by atoms with Crippen LogP contribution in [-0.4, -0.2) is 23.7 Å². The molecule has 422 valence electrons. The van der Waals surface area contributed by atoms with Crippen LogP contribution in [0.3, 0.4) is 0 Å². The van der Waals surface area contributed by atoms with Crippen LogP contribution < -0.4 is 0 Å². The molecule has 0 aliphatic carbocycles. The topological polar surface area (TPSA) is 88.2 Å². The Morgan fingerprint density at radius 2 is 0.593 bits per heavy atom. The maximum atomic E-state index is 10.6. The van der Waals surface area contributed by atoms with Gasteiger partial charge in [-0.15, -0.1) is 0 Å². The lowest BCUT2D eigenvalue weighted by atomic mass is 9.90. The van der Waals surface area contributed by atoms with Gasteiger partial charge in [-0.25, -0.2) is 9.97 Å². The molecule has 0 bridgehead atoms. The molecule has 0 fully saturated rings. The van der Waals surface area contributed by atoms with Crippen molar-refractivity contribution in [1.82, 2.24) is 23.7 Å². The third kappa shape index (κ3) is 8.64. The summed E-state index contributed by atoms with van der Waals surface area (Å²) in [4.78, 5) is 10.9. The van der Waals surface area contributed by atoms with Crippen molar-refractivity contribution in [3.63, 3.8) is 0 Å². The van der Waals surface area contributed by atoms with E-state index in [0.29, 0.717) is 17.0 Å². The van der Waals surface area contributed by atoms with Crippen LogP contribution in [-0.2, 0) is 0 Å². The zero-order valence-electron chi connectivity index (χ0n) is 49.1. The van der Waals surface area contributed by atoms with Crippen LogP contribution in [0, 0.1) is 22.7 Å². The molecule has 0 amide bonds. The highest BCUT2D eigenvalue weighted by atomic mass is 15.0. The minimum Gasteiger partial charge on any atom is -0.309 e. The Hall–Kier alpha value is -12.7. The van der Waals surface area contributed by atoms with Gasteiger partial charge in [0.25, 0.3) is 0 Å². The van der Waals surface area contributed by atoms with E-state index in [1.54, 1.807) is 0 Å². The van der Waals surface area contributed by atoms with Crippen LogP contribution in [0.25, 0.3) is 161 Å². The summed E-state index contributed by atoms with van der Waals surface area (Å²) in [5.74, 6) is 0.616. The molecule has 0 radical (unpaired) electrons. The van der Waals surface area contributed by atoms with Crippen LogP contribution >= 0.6 is 0 Å². The van der Waals surface area contributed by atoms with Crippen LogP contribution in [0.1, 0.15) is 11.1 Å². The smallest absolute Gasteiger partial charge is 0.160 e. The molecule has 0 aliphatic rings. The molecule has 7 nitrogen and oxygen atoms in total. The van der Waals surface area contributed by atoms with Gasteiger partial charge in [0.05, 0.1) is 84.8 Å². The first kappa shape index (κ1) is 52.6. The number of benzene rings is 13. The van der Waals surface area contributed by atoms with Crippen molar-refractivity contribution in [2.75, 3.05) is 0 Å². The number of fused-ring (bicyclic) bond motifs is 9. The third-order valence-corrected chi connectivity index (χ3v) is 18.0. The van der Waals surface area contributed by atoms with E-state index in [2.05, 4.69) is 262 Å². The molecule has 7 heteroatoms. The van der Waals surface area contributed by atoms with Crippen molar-refractivity contribution in [2.45, 2.75) is 0 Å². The van der Waals surface area contributed by atoms with Gasteiger partial charge in [-0.3, -0.25) is 0 Å². The Labute approximate surface area is 524 Å². The number of rotatable bonds is 10. The average molecular weight is 1160 g/mol. The summed E-state index contributed by atoms with van der Waals surface area (Å²) in [5, 5.41) is 27.8. The maximum Gasteiger partial charge on any atom is 0.160 e. The molecule has 0 atom stereocenters. The Morgan fingerprint density at radius 1 is 0.242 bits per heavy atom. The molecule has 0 spiro atoms. The molecule has 4 aromatic heterocycles. The van der Waals surface area contributed by atoms with E-state index in [0.717, 1.165) is 155 Å². The molecule has 4 heterocycles. The van der Waals surface area contributed by atoms with Crippen molar-refractivity contribution in [3.8, 4) is 108 Å². The highest BCUT2D eigenvalue weighted by Crippen LogP contribution is 2.49. The Kier molecular flexibility index (Phi) is 12.5. The summed E-state index contributed by atoms with van der Waals surface area (Å²) in [6.07, 6.45) is 0. The molecule has 91 heavy (non-hydrogen) atoms. The van der Waals surface area contributed by atoms with Crippen LogP contribution in [0.5, 0.6) is 0 Å². The average Bonchev–Trinajstić information content (AvgIpc) is 1.67. The summed E-state index contributed by atoms with van der Waals surface area (Å²) in [6, 6.07) is 114. The van der Waals surface area contributed by atoms with E-state index < -0.39 is 0 Å². The van der Waals surface area contributed by atoms with E-state index >= 15 is 0 Å². The van der Waals surface area contributed by atoms with Gasteiger partial charge in [0.1, 0.15) is 0 Å². The minimum atomic E-state index is 0.591. The van der Waals surface area contributed by atoms with Crippen LogP contribution in [0.2, 0.25) is 0 Å². The van der Waals surface area contributed by atoms with Gasteiger partial charge < -0.3 is 13.7 Å². The number of hydrogen-bond acceptors (Lipinski definition) is 4. The van der Waals surface area contributed by atoms with E-state index in [9.17, 15) is 10.5 Å². The van der Waals surface area contributed by atoms with Crippen LogP contribution in [0.15, 0.2) is 309 Å². The maximum absolute atomic E-state index is 10.6. The molecular weight excluding hydrogens is 1110 g/mol. The summed E-state index contributed by atoms with van der Waals surface area (Å²) in [7, 11) is 0. The van der Waals surface area contributed by atoms with Gasteiger partial charge in [-0.05, 0) is 113 Å². The van der Waals surface area contributed by atoms with Crippen LogP contribution in [0.4, 0.5) is 0 Å². The first-order chi connectivity index (χ1) is 45.1. The van der Waals surface area contributed by atoms with Crippen molar-refractivity contribution < 1.29 is 0 Å². The summed E-state index contributed by atoms with van der Waals surface area (Å²) < 4.78 is 7.32. The summed E-state index contributed by atoms with van der Waals surface area (Å²) >= 11 is 0. The molecule has 0 saturated carbocycles. The molecule has 0 saturated heterocycles. The zero-order chi connectivity index (χ0) is 60.5. The quantitative estimate of drug-likeness (QED) is 0.136. The fourth-order valence-electron chi connectivity index (χ4n) is 13.9. The zero-order valence-corrected chi connectivity index (χ0v) is 49.1. The normalized spacial score (nSPS) is 11.5. The van der Waals surface area contributed by atoms with Gasteiger partial charge in [0, 0.05) is 71.3 Å². The lowest BCUT2D eigenvalue weighted by Crippen LogP contribution is -2.06. The van der Waals surface area contributed by atoms with Gasteiger partial charge >= 0.3 is 0 Å². The van der Waals surface area contributed by atoms with Gasteiger partial charge in [0.15, 0.2) is 5.82 Å². The SMILES string of the molecule is N#Cc1ccccc1-c1ccc2c(c1)c1cc(-c3ccccc3C#N)ccc1n2-c1c(-c2ccccc2-n2c3ccccc3c3ccccc32)cc(-c2cc(-c3ccccc3)nc(-c3ccccc3)n2)cc1-c1ccccc1-n1c2ccccc2c2ccccc21. The second kappa shape index (κ2) is 21.6. The third-order valence-electron chi connectivity index (χ3n) is 18.0. The predicted molar refractivity (Wildman–Crippen MR) is 373 cm³/mol. The summed E-state index contributed by atoms with van der Waals surface area (Å²) in [6.45, 7) is 0. The fraction of sp³-hybridized carbons (Fsp3) is 0. The summed E-state index contributed by atoms with van der Waals surface area (Å²) in [5.41, 5.74) is 22.2. The number of aromatic nitrogens is 5. The Morgan fingerprint density at radius 3 is 1.03 bits per heavy atom. The molecule has 17 rings (SSSR count). The number of hydrogen-bond donors (Lipinski definition) is 0. The standard InChI is InChI=1S/C84H51N7/c85-52-58-27-7-9-29-61(58)56-43-45-81-69(47-56)70-48-57(62-30-10-8-28-59(62)53-86)44-46-82(70)91(81)83-71(67-35-15-21-41-79(67)89-75-37-17-11-31-63(75)64-32-12-18-38-76(64)89)49-60(74-51-73(54-23-3-1-4-24-54)87-84(88-74)55-25-5-2-6-26-55)50-72(83)68-36-16-22-42-80(68)90-77-39-19-13-33-65(77)66-34-14-20-40-78(66)90/h1-51H. The molecule has 0 N–H and O–H groups in total. The number of para-hydroxylation sites is 6. The largest absolute Gasteiger partial charge is 0.309 e. The van der Waals surface area contributed by atoms with E-state index in [-0.39, 0.29) is 0 Å². The van der Waals surface area contributed by atoms with E-state index in [1.165, 1.54) is 0 Å². The van der Waals surface area contributed by atoms with E-state index in [1.807, 2.05) is 72.8 Å². The lowest BCUT2D eigenvalue weighted by molar-refractivity contribution is 1.15. The fourth-order valence-corrected chi connectivity index (χ4v) is 13.9.